The lowest BCUT2D eigenvalue weighted by molar-refractivity contribution is -0.185. The normalized spacial score (nSPS) is 15.8. The van der Waals surface area contributed by atoms with E-state index < -0.39 is 12.1 Å². The molecule has 3 heterocycles. The van der Waals surface area contributed by atoms with Gasteiger partial charge in [0.05, 0.1) is 29.8 Å². The highest BCUT2D eigenvalue weighted by atomic mass is 35.5. The van der Waals surface area contributed by atoms with E-state index in [9.17, 15) is 18.0 Å². The van der Waals surface area contributed by atoms with E-state index in [1.165, 1.54) is 13.3 Å². The molecule has 3 aromatic rings. The van der Waals surface area contributed by atoms with Gasteiger partial charge in [-0.05, 0) is 51.1 Å². The smallest absolute Gasteiger partial charge is 0.391 e. The molecule has 1 aliphatic heterocycles. The van der Waals surface area contributed by atoms with E-state index in [2.05, 4.69) is 9.97 Å². The SMILES string of the molecule is COc1nc2ccc(C(=O)c3cnc(C)n3C)cc2c(Cl)c1CN1CCC(C(F)(F)F)CC1. The second kappa shape index (κ2) is 8.95. The van der Waals surface area contributed by atoms with Gasteiger partial charge in [0.2, 0.25) is 11.7 Å². The fraction of sp³-hybridized carbons (Fsp3) is 0.435. The van der Waals surface area contributed by atoms with Gasteiger partial charge in [-0.2, -0.15) is 13.2 Å². The van der Waals surface area contributed by atoms with Crippen molar-refractivity contribution < 1.29 is 22.7 Å². The highest BCUT2D eigenvalue weighted by Crippen LogP contribution is 2.37. The molecule has 0 amide bonds. The van der Waals surface area contributed by atoms with E-state index in [0.29, 0.717) is 58.3 Å². The topological polar surface area (TPSA) is 60.2 Å². The van der Waals surface area contributed by atoms with Crippen LogP contribution in [0, 0.1) is 12.8 Å². The quantitative estimate of drug-likeness (QED) is 0.484. The van der Waals surface area contributed by atoms with Crippen LogP contribution in [0.4, 0.5) is 13.2 Å². The zero-order valence-electron chi connectivity index (χ0n) is 18.5. The number of halogens is 4. The number of piperidine rings is 1. The summed E-state index contributed by atoms with van der Waals surface area (Å²) in [6.45, 7) is 2.74. The third kappa shape index (κ3) is 4.56. The predicted octanol–water partition coefficient (Wildman–Crippen LogP) is 4.94. The summed E-state index contributed by atoms with van der Waals surface area (Å²) in [5.41, 5.74) is 2.06. The maximum absolute atomic E-state index is 13.0. The molecule has 0 radical (unpaired) electrons. The highest BCUT2D eigenvalue weighted by molar-refractivity contribution is 6.36. The molecule has 1 aliphatic rings. The largest absolute Gasteiger partial charge is 0.481 e. The van der Waals surface area contributed by atoms with Crippen LogP contribution in [0.3, 0.4) is 0 Å². The number of methoxy groups -OCH3 is 1. The van der Waals surface area contributed by atoms with Crippen molar-refractivity contribution in [3.05, 3.63) is 52.1 Å². The summed E-state index contributed by atoms with van der Waals surface area (Å²) in [7, 11) is 3.25. The Morgan fingerprint density at radius 1 is 1.27 bits per heavy atom. The van der Waals surface area contributed by atoms with Gasteiger partial charge in [-0.15, -0.1) is 0 Å². The molecule has 1 saturated heterocycles. The second-order valence-corrected chi connectivity index (χ2v) is 8.69. The minimum atomic E-state index is -4.17. The number of carbonyl (C=O) groups is 1. The number of hydrogen-bond donors (Lipinski definition) is 0. The Hall–Kier alpha value is -2.65. The number of hydrogen-bond acceptors (Lipinski definition) is 5. The number of ketones is 1. The van der Waals surface area contributed by atoms with Gasteiger partial charge in [0.25, 0.3) is 0 Å². The summed E-state index contributed by atoms with van der Waals surface area (Å²) >= 11 is 6.75. The lowest BCUT2D eigenvalue weighted by Gasteiger charge is -2.33. The highest BCUT2D eigenvalue weighted by Gasteiger charge is 2.41. The van der Waals surface area contributed by atoms with Gasteiger partial charge in [0, 0.05) is 30.1 Å². The molecule has 2 aromatic heterocycles. The number of rotatable bonds is 5. The third-order valence-electron chi connectivity index (χ3n) is 6.32. The van der Waals surface area contributed by atoms with Crippen molar-refractivity contribution in [3.8, 4) is 5.88 Å². The Morgan fingerprint density at radius 2 is 1.97 bits per heavy atom. The number of pyridine rings is 1. The van der Waals surface area contributed by atoms with Crippen molar-refractivity contribution in [1.82, 2.24) is 19.4 Å². The summed E-state index contributed by atoms with van der Waals surface area (Å²) in [4.78, 5) is 23.6. The number of imidazole rings is 1. The maximum atomic E-state index is 13.0. The van der Waals surface area contributed by atoms with Gasteiger partial charge in [-0.3, -0.25) is 9.69 Å². The van der Waals surface area contributed by atoms with Crippen LogP contribution in [0.1, 0.15) is 40.3 Å². The molecule has 6 nitrogen and oxygen atoms in total. The number of carbonyl (C=O) groups excluding carboxylic acids is 1. The summed E-state index contributed by atoms with van der Waals surface area (Å²) < 4.78 is 46.2. The van der Waals surface area contributed by atoms with E-state index in [0.717, 1.165) is 5.82 Å². The molecule has 4 rings (SSSR count). The Bertz CT molecular complexity index is 1200. The van der Waals surface area contributed by atoms with Crippen molar-refractivity contribution in [2.24, 2.45) is 13.0 Å². The molecule has 0 aliphatic carbocycles. The Balaban J connectivity index is 1.65. The molecule has 1 aromatic carbocycles. The van der Waals surface area contributed by atoms with Gasteiger partial charge < -0.3 is 9.30 Å². The fourth-order valence-electron chi connectivity index (χ4n) is 4.19. The van der Waals surface area contributed by atoms with Gasteiger partial charge in [-0.1, -0.05) is 11.6 Å². The molecule has 33 heavy (non-hydrogen) atoms. The van der Waals surface area contributed by atoms with Crippen LogP contribution >= 0.6 is 11.6 Å². The molecule has 0 bridgehead atoms. The average Bonchev–Trinajstić information content (AvgIpc) is 3.12. The summed E-state index contributed by atoms with van der Waals surface area (Å²) in [6, 6.07) is 5.07. The van der Waals surface area contributed by atoms with E-state index in [1.54, 1.807) is 29.8 Å². The summed E-state index contributed by atoms with van der Waals surface area (Å²) in [5, 5.41) is 0.966. The molecule has 1 fully saturated rings. The van der Waals surface area contributed by atoms with Crippen LogP contribution in [-0.2, 0) is 13.6 Å². The molecule has 0 saturated carbocycles. The van der Waals surface area contributed by atoms with Crippen molar-refractivity contribution in [2.45, 2.75) is 32.5 Å². The van der Waals surface area contributed by atoms with Crippen LogP contribution in [0.2, 0.25) is 5.02 Å². The van der Waals surface area contributed by atoms with Gasteiger partial charge >= 0.3 is 6.18 Å². The van der Waals surface area contributed by atoms with Crippen LogP contribution in [0.15, 0.2) is 24.4 Å². The zero-order valence-corrected chi connectivity index (χ0v) is 19.3. The average molecular weight is 481 g/mol. The molecular weight excluding hydrogens is 457 g/mol. The standard InChI is InChI=1S/C23H24ClF3N4O2/c1-13-28-11-19(30(13)2)21(32)14-4-5-18-16(10-14)20(24)17(22(29-18)33-3)12-31-8-6-15(7-9-31)23(25,26)27/h4-5,10-11,15H,6-9,12H2,1-3H3. The van der Waals surface area contributed by atoms with E-state index in [4.69, 9.17) is 16.3 Å². The molecule has 0 spiro atoms. The van der Waals surface area contributed by atoms with Crippen LogP contribution in [0.25, 0.3) is 10.9 Å². The lowest BCUT2D eigenvalue weighted by atomic mass is 9.96. The van der Waals surface area contributed by atoms with Crippen molar-refractivity contribution in [3.63, 3.8) is 0 Å². The van der Waals surface area contributed by atoms with Gasteiger partial charge in [0.1, 0.15) is 11.5 Å². The molecular formula is C23H24ClF3N4O2. The number of aryl methyl sites for hydroxylation is 1. The number of aromatic nitrogens is 3. The Kier molecular flexibility index (Phi) is 6.37. The molecule has 10 heteroatoms. The number of benzene rings is 1. The number of fused-ring (bicyclic) bond motifs is 1. The Morgan fingerprint density at radius 3 is 2.55 bits per heavy atom. The number of likely N-dealkylation sites (tertiary alicyclic amines) is 1. The predicted molar refractivity (Wildman–Crippen MR) is 119 cm³/mol. The van der Waals surface area contributed by atoms with Crippen molar-refractivity contribution in [1.29, 1.82) is 0 Å². The number of nitrogens with zero attached hydrogens (tertiary/aromatic N) is 4. The fourth-order valence-corrected chi connectivity index (χ4v) is 4.48. The van der Waals surface area contributed by atoms with E-state index in [-0.39, 0.29) is 18.6 Å². The third-order valence-corrected chi connectivity index (χ3v) is 6.75. The van der Waals surface area contributed by atoms with Gasteiger partial charge in [-0.25, -0.2) is 9.97 Å². The second-order valence-electron chi connectivity index (χ2n) is 8.32. The van der Waals surface area contributed by atoms with E-state index in [1.807, 2.05) is 11.8 Å². The van der Waals surface area contributed by atoms with Gasteiger partial charge in [0.15, 0.2) is 0 Å². The first-order chi connectivity index (χ1) is 15.6. The van der Waals surface area contributed by atoms with Crippen LogP contribution in [-0.4, -0.2) is 51.6 Å². The van der Waals surface area contributed by atoms with Crippen molar-refractivity contribution >= 4 is 28.3 Å². The molecule has 0 N–H and O–H groups in total. The minimum Gasteiger partial charge on any atom is -0.481 e. The molecule has 0 atom stereocenters. The number of ether oxygens (including phenoxy) is 1. The first-order valence-electron chi connectivity index (χ1n) is 10.6. The lowest BCUT2D eigenvalue weighted by Crippen LogP contribution is -2.38. The summed E-state index contributed by atoms with van der Waals surface area (Å²) in [5.74, 6) is -0.417. The first kappa shape index (κ1) is 23.5. The minimum absolute atomic E-state index is 0.0488. The molecule has 0 unspecified atom stereocenters. The molecule has 176 valence electrons. The zero-order chi connectivity index (χ0) is 23.9. The summed E-state index contributed by atoms with van der Waals surface area (Å²) in [6.07, 6.45) is -2.53. The monoisotopic (exact) mass is 480 g/mol. The Labute approximate surface area is 194 Å². The van der Waals surface area contributed by atoms with E-state index >= 15 is 0 Å². The van der Waals surface area contributed by atoms with Crippen molar-refractivity contribution in [2.75, 3.05) is 20.2 Å². The van der Waals surface area contributed by atoms with Crippen LogP contribution in [0.5, 0.6) is 5.88 Å². The first-order valence-corrected chi connectivity index (χ1v) is 11.0. The van der Waals surface area contributed by atoms with Crippen LogP contribution < -0.4 is 4.74 Å². The number of alkyl halides is 3. The maximum Gasteiger partial charge on any atom is 0.391 e.